The number of hydrogen-bond acceptors (Lipinski definition) is 5. The second kappa shape index (κ2) is 11.0. The lowest BCUT2D eigenvalue weighted by Crippen LogP contribution is -2.41. The highest BCUT2D eigenvalue weighted by Crippen LogP contribution is 2.24. The predicted molar refractivity (Wildman–Crippen MR) is 119 cm³/mol. The van der Waals surface area contributed by atoms with Crippen molar-refractivity contribution in [2.75, 3.05) is 26.0 Å². The smallest absolute Gasteiger partial charge is 0.410 e. The molecule has 30 heavy (non-hydrogen) atoms. The largest absolute Gasteiger partial charge is 0.494 e. The van der Waals surface area contributed by atoms with Gasteiger partial charge in [-0.25, -0.2) is 13.2 Å². The maximum absolute atomic E-state index is 12.1. The number of ether oxygens (including phenoxy) is 2. The van der Waals surface area contributed by atoms with Crippen molar-refractivity contribution in [3.63, 3.8) is 0 Å². The average molecular weight is 440 g/mol. The molecule has 170 valence electrons. The number of carbonyl (C=O) groups is 1. The molecule has 0 atom stereocenters. The lowest BCUT2D eigenvalue weighted by molar-refractivity contribution is 0.0180. The highest BCUT2D eigenvalue weighted by atomic mass is 32.2. The number of rotatable bonds is 9. The summed E-state index contributed by atoms with van der Waals surface area (Å²) in [4.78, 5) is 14.3. The molecule has 1 heterocycles. The standard InChI is InChI=1S/C23H37NO5S/c1-23(2,3)29-22(25)24-16-14-19(15-17-24)9-7-5-6-8-18-28-20-10-12-21(13-11-20)30(4,26)27/h10-13,19H,5-9,14-18H2,1-4H3. The number of likely N-dealkylation sites (tertiary alicyclic amines) is 1. The van der Waals surface area contributed by atoms with Crippen LogP contribution < -0.4 is 4.74 Å². The molecule has 0 radical (unpaired) electrons. The number of unbranched alkanes of at least 4 members (excludes halogenated alkanes) is 3. The Bertz CT molecular complexity index is 760. The Balaban J connectivity index is 1.52. The molecule has 1 aromatic rings. The second-order valence-corrected chi connectivity index (χ2v) is 11.2. The number of amides is 1. The second-order valence-electron chi connectivity index (χ2n) is 9.21. The fourth-order valence-electron chi connectivity index (χ4n) is 3.59. The van der Waals surface area contributed by atoms with Gasteiger partial charge in [-0.3, -0.25) is 0 Å². The van der Waals surface area contributed by atoms with Gasteiger partial charge in [-0.1, -0.05) is 25.7 Å². The molecule has 7 heteroatoms. The maximum Gasteiger partial charge on any atom is 0.410 e. The molecular weight excluding hydrogens is 402 g/mol. The molecule has 2 rings (SSSR count). The van der Waals surface area contributed by atoms with Gasteiger partial charge in [0.2, 0.25) is 0 Å². The summed E-state index contributed by atoms with van der Waals surface area (Å²) in [6.45, 7) is 7.94. The number of benzene rings is 1. The number of sulfone groups is 1. The molecule has 0 spiro atoms. The molecule has 0 aromatic heterocycles. The lowest BCUT2D eigenvalue weighted by atomic mass is 9.91. The van der Waals surface area contributed by atoms with E-state index in [1.54, 1.807) is 24.3 Å². The SMILES string of the molecule is CC(C)(C)OC(=O)N1CCC(CCCCCCOc2ccc(S(C)(=O)=O)cc2)CC1. The van der Waals surface area contributed by atoms with Crippen LogP contribution in [0.4, 0.5) is 4.79 Å². The third-order valence-corrected chi connectivity index (χ3v) is 6.42. The first-order chi connectivity index (χ1) is 14.0. The topological polar surface area (TPSA) is 72.9 Å². The van der Waals surface area contributed by atoms with Crippen LogP contribution in [-0.2, 0) is 14.6 Å². The van der Waals surface area contributed by atoms with E-state index in [4.69, 9.17) is 9.47 Å². The third kappa shape index (κ3) is 8.94. The van der Waals surface area contributed by atoms with Gasteiger partial charge in [0.15, 0.2) is 9.84 Å². The Kier molecular flexibility index (Phi) is 9.01. The van der Waals surface area contributed by atoms with Crippen molar-refractivity contribution in [3.8, 4) is 5.75 Å². The van der Waals surface area contributed by atoms with Gasteiger partial charge in [-0.05, 0) is 70.2 Å². The Morgan fingerprint density at radius 2 is 1.63 bits per heavy atom. The zero-order valence-corrected chi connectivity index (χ0v) is 19.7. The molecule has 0 aliphatic carbocycles. The molecular formula is C23H37NO5S. The average Bonchev–Trinajstić information content (AvgIpc) is 2.66. The molecule has 1 aromatic carbocycles. The molecule has 0 bridgehead atoms. The summed E-state index contributed by atoms with van der Waals surface area (Å²) in [5, 5.41) is 0. The first-order valence-corrected chi connectivity index (χ1v) is 12.8. The number of hydrogen-bond donors (Lipinski definition) is 0. The quantitative estimate of drug-likeness (QED) is 0.503. The minimum absolute atomic E-state index is 0.188. The van der Waals surface area contributed by atoms with Crippen LogP contribution in [-0.4, -0.2) is 51.0 Å². The van der Waals surface area contributed by atoms with Crippen molar-refractivity contribution < 1.29 is 22.7 Å². The Morgan fingerprint density at radius 1 is 1.03 bits per heavy atom. The monoisotopic (exact) mass is 439 g/mol. The van der Waals surface area contributed by atoms with Crippen molar-refractivity contribution in [1.82, 2.24) is 4.90 Å². The highest BCUT2D eigenvalue weighted by molar-refractivity contribution is 7.90. The van der Waals surface area contributed by atoms with Crippen molar-refractivity contribution >= 4 is 15.9 Å². The number of carbonyl (C=O) groups excluding carboxylic acids is 1. The van der Waals surface area contributed by atoms with Gasteiger partial charge >= 0.3 is 6.09 Å². The molecule has 0 N–H and O–H groups in total. The fraction of sp³-hybridized carbons (Fsp3) is 0.696. The van der Waals surface area contributed by atoms with E-state index in [1.807, 2.05) is 25.7 Å². The lowest BCUT2D eigenvalue weighted by Gasteiger charge is -2.33. The van der Waals surface area contributed by atoms with Gasteiger partial charge in [0.25, 0.3) is 0 Å². The van der Waals surface area contributed by atoms with Gasteiger partial charge in [0, 0.05) is 19.3 Å². The van der Waals surface area contributed by atoms with E-state index < -0.39 is 15.4 Å². The normalized spacial score (nSPS) is 15.8. The number of nitrogens with zero attached hydrogens (tertiary/aromatic N) is 1. The molecule has 1 saturated heterocycles. The van der Waals surface area contributed by atoms with Crippen molar-refractivity contribution in [1.29, 1.82) is 0 Å². The van der Waals surface area contributed by atoms with Crippen LogP contribution >= 0.6 is 0 Å². The van der Waals surface area contributed by atoms with E-state index in [9.17, 15) is 13.2 Å². The summed E-state index contributed by atoms with van der Waals surface area (Å²) in [5.41, 5.74) is -0.433. The van der Waals surface area contributed by atoms with Crippen LogP contribution in [0.3, 0.4) is 0 Å². The molecule has 0 unspecified atom stereocenters. The van der Waals surface area contributed by atoms with Crippen molar-refractivity contribution in [2.24, 2.45) is 5.92 Å². The molecule has 6 nitrogen and oxygen atoms in total. The molecule has 1 aliphatic heterocycles. The van der Waals surface area contributed by atoms with Gasteiger partial charge in [0.1, 0.15) is 11.4 Å². The van der Waals surface area contributed by atoms with Crippen molar-refractivity contribution in [2.45, 2.75) is 76.2 Å². The summed E-state index contributed by atoms with van der Waals surface area (Å²) in [7, 11) is -3.16. The first-order valence-electron chi connectivity index (χ1n) is 11.0. The van der Waals surface area contributed by atoms with Crippen LogP contribution in [0, 0.1) is 5.92 Å². The minimum atomic E-state index is -3.16. The van der Waals surface area contributed by atoms with Gasteiger partial charge in [0.05, 0.1) is 11.5 Å². The summed E-state index contributed by atoms with van der Waals surface area (Å²) in [6.07, 6.45) is 8.86. The van der Waals surface area contributed by atoms with Crippen LogP contribution in [0.5, 0.6) is 5.75 Å². The van der Waals surface area contributed by atoms with Gasteiger partial charge < -0.3 is 14.4 Å². The summed E-state index contributed by atoms with van der Waals surface area (Å²) < 4.78 is 34.0. The number of piperidine rings is 1. The van der Waals surface area contributed by atoms with Crippen molar-refractivity contribution in [3.05, 3.63) is 24.3 Å². The summed E-state index contributed by atoms with van der Waals surface area (Å²) in [5.74, 6) is 1.41. The van der Waals surface area contributed by atoms with E-state index in [-0.39, 0.29) is 6.09 Å². The molecule has 1 aliphatic rings. The maximum atomic E-state index is 12.1. The molecule has 1 fully saturated rings. The minimum Gasteiger partial charge on any atom is -0.494 e. The summed E-state index contributed by atoms with van der Waals surface area (Å²) in [6, 6.07) is 6.58. The fourth-order valence-corrected chi connectivity index (χ4v) is 4.22. The van der Waals surface area contributed by atoms with E-state index in [0.717, 1.165) is 38.8 Å². The van der Waals surface area contributed by atoms with Gasteiger partial charge in [-0.2, -0.15) is 0 Å². The molecule has 1 amide bonds. The Morgan fingerprint density at radius 3 is 2.20 bits per heavy atom. The molecule has 0 saturated carbocycles. The third-order valence-electron chi connectivity index (χ3n) is 5.29. The van der Waals surface area contributed by atoms with E-state index in [0.29, 0.717) is 23.2 Å². The predicted octanol–water partition coefficient (Wildman–Crippen LogP) is 5.07. The Hall–Kier alpha value is -1.76. The van der Waals surface area contributed by atoms with E-state index >= 15 is 0 Å². The zero-order chi connectivity index (χ0) is 22.2. The summed E-state index contributed by atoms with van der Waals surface area (Å²) >= 11 is 0. The highest BCUT2D eigenvalue weighted by Gasteiger charge is 2.26. The first kappa shape index (κ1) is 24.5. The van der Waals surface area contributed by atoms with E-state index in [1.165, 1.54) is 25.5 Å². The van der Waals surface area contributed by atoms with Crippen LogP contribution in [0.1, 0.15) is 65.7 Å². The zero-order valence-electron chi connectivity index (χ0n) is 18.9. The Labute approximate surface area is 181 Å². The van der Waals surface area contributed by atoms with Crippen LogP contribution in [0.2, 0.25) is 0 Å². The van der Waals surface area contributed by atoms with E-state index in [2.05, 4.69) is 0 Å². The van der Waals surface area contributed by atoms with Gasteiger partial charge in [-0.15, -0.1) is 0 Å². The van der Waals surface area contributed by atoms with Crippen LogP contribution in [0.25, 0.3) is 0 Å². The van der Waals surface area contributed by atoms with Crippen LogP contribution in [0.15, 0.2) is 29.2 Å².